The quantitative estimate of drug-likeness (QED) is 0.877. The van der Waals surface area contributed by atoms with E-state index in [9.17, 15) is 13.9 Å². The predicted octanol–water partition coefficient (Wildman–Crippen LogP) is 2.46. The maximum atomic E-state index is 13.9. The molecule has 0 aliphatic carbocycles. The summed E-state index contributed by atoms with van der Waals surface area (Å²) in [6.07, 6.45) is 0.262. The van der Waals surface area contributed by atoms with Gasteiger partial charge in [0, 0.05) is 16.7 Å². The van der Waals surface area contributed by atoms with Crippen molar-refractivity contribution in [2.75, 3.05) is 6.61 Å². The van der Waals surface area contributed by atoms with E-state index >= 15 is 0 Å². The van der Waals surface area contributed by atoms with E-state index in [1.807, 2.05) is 13.8 Å². The molecule has 5 heteroatoms. The van der Waals surface area contributed by atoms with Gasteiger partial charge in [-0.2, -0.15) is 0 Å². The Kier molecular flexibility index (Phi) is 3.88. The number of benzene rings is 1. The molecular formula is C15H21F2NO2. The lowest BCUT2D eigenvalue weighted by Gasteiger charge is -2.46. The third-order valence-corrected chi connectivity index (χ3v) is 3.76. The van der Waals surface area contributed by atoms with Crippen LogP contribution >= 0.6 is 0 Å². The van der Waals surface area contributed by atoms with Crippen LogP contribution in [0.4, 0.5) is 8.78 Å². The Hall–Kier alpha value is -1.04. The number of halogens is 2. The molecule has 1 aromatic carbocycles. The Bertz CT molecular complexity index is 496. The average molecular weight is 285 g/mol. The highest BCUT2D eigenvalue weighted by Crippen LogP contribution is 2.34. The van der Waals surface area contributed by atoms with E-state index in [0.29, 0.717) is 0 Å². The molecule has 1 heterocycles. The molecular weight excluding hydrogens is 264 g/mol. The van der Waals surface area contributed by atoms with Gasteiger partial charge in [0.15, 0.2) is 0 Å². The molecule has 0 saturated carbocycles. The van der Waals surface area contributed by atoms with Gasteiger partial charge in [-0.25, -0.2) is 8.78 Å². The van der Waals surface area contributed by atoms with Crippen molar-refractivity contribution in [3.8, 4) is 0 Å². The lowest BCUT2D eigenvalue weighted by Crippen LogP contribution is -2.63. The number of ether oxygens (including phenoxy) is 1. The molecule has 0 aromatic heterocycles. The largest absolute Gasteiger partial charge is 0.361 e. The van der Waals surface area contributed by atoms with Gasteiger partial charge in [0.05, 0.1) is 12.6 Å². The van der Waals surface area contributed by atoms with E-state index in [-0.39, 0.29) is 29.7 Å². The summed E-state index contributed by atoms with van der Waals surface area (Å²) in [5, 5.41) is 13.8. The first-order valence-corrected chi connectivity index (χ1v) is 6.82. The van der Waals surface area contributed by atoms with Gasteiger partial charge < -0.3 is 15.2 Å². The molecule has 2 unspecified atom stereocenters. The standard InChI is InChI=1S/C15H21F2NO2/c1-5-11-12(16)6-10(7-13(11)17)15(19)9(2)18-14(3,4)8-20-15/h6-7,9,18-19H,5,8H2,1-4H3. The maximum absolute atomic E-state index is 13.9. The first-order valence-electron chi connectivity index (χ1n) is 6.82. The summed E-state index contributed by atoms with van der Waals surface area (Å²) in [5.74, 6) is -3.04. The van der Waals surface area contributed by atoms with Crippen molar-refractivity contribution in [1.29, 1.82) is 0 Å². The second kappa shape index (κ2) is 5.06. The van der Waals surface area contributed by atoms with Crippen LogP contribution in [0, 0.1) is 11.6 Å². The van der Waals surface area contributed by atoms with Crippen molar-refractivity contribution in [3.63, 3.8) is 0 Å². The topological polar surface area (TPSA) is 41.5 Å². The highest BCUT2D eigenvalue weighted by atomic mass is 19.1. The van der Waals surface area contributed by atoms with Crippen LogP contribution < -0.4 is 5.32 Å². The van der Waals surface area contributed by atoms with Crippen molar-refractivity contribution in [2.24, 2.45) is 0 Å². The van der Waals surface area contributed by atoms with Gasteiger partial charge in [-0.15, -0.1) is 0 Å². The molecule has 0 radical (unpaired) electrons. The molecule has 0 bridgehead atoms. The monoisotopic (exact) mass is 285 g/mol. The summed E-state index contributed by atoms with van der Waals surface area (Å²) < 4.78 is 33.3. The molecule has 1 aliphatic heterocycles. The highest BCUT2D eigenvalue weighted by molar-refractivity contribution is 5.30. The zero-order chi connectivity index (χ0) is 15.1. The summed E-state index contributed by atoms with van der Waals surface area (Å²) >= 11 is 0. The summed E-state index contributed by atoms with van der Waals surface area (Å²) in [7, 11) is 0. The van der Waals surface area contributed by atoms with Gasteiger partial charge in [0.1, 0.15) is 11.6 Å². The smallest absolute Gasteiger partial charge is 0.208 e. The Labute approximate surface area is 117 Å². The van der Waals surface area contributed by atoms with Gasteiger partial charge in [0.2, 0.25) is 5.79 Å². The van der Waals surface area contributed by atoms with Gasteiger partial charge in [-0.05, 0) is 39.3 Å². The number of nitrogens with one attached hydrogen (secondary N) is 1. The fraction of sp³-hybridized carbons (Fsp3) is 0.600. The molecule has 3 nitrogen and oxygen atoms in total. The molecule has 20 heavy (non-hydrogen) atoms. The minimum Gasteiger partial charge on any atom is -0.361 e. The Balaban J connectivity index is 2.40. The lowest BCUT2D eigenvalue weighted by atomic mass is 9.91. The number of hydrogen-bond donors (Lipinski definition) is 2. The molecule has 0 spiro atoms. The first-order chi connectivity index (χ1) is 9.19. The Morgan fingerprint density at radius 1 is 1.35 bits per heavy atom. The normalized spacial score (nSPS) is 29.4. The van der Waals surface area contributed by atoms with E-state index in [0.717, 1.165) is 12.1 Å². The second-order valence-corrected chi connectivity index (χ2v) is 6.01. The summed E-state index contributed by atoms with van der Waals surface area (Å²) in [6, 6.07) is 1.81. The average Bonchev–Trinajstić information content (AvgIpc) is 2.33. The number of morpholine rings is 1. The van der Waals surface area contributed by atoms with Crippen LogP contribution in [0.15, 0.2) is 12.1 Å². The van der Waals surface area contributed by atoms with Gasteiger partial charge in [-0.1, -0.05) is 6.92 Å². The van der Waals surface area contributed by atoms with Crippen molar-refractivity contribution in [1.82, 2.24) is 5.32 Å². The van der Waals surface area contributed by atoms with E-state index in [2.05, 4.69) is 5.32 Å². The summed E-state index contributed by atoms with van der Waals surface area (Å²) in [4.78, 5) is 0. The van der Waals surface area contributed by atoms with Crippen molar-refractivity contribution in [3.05, 3.63) is 34.9 Å². The van der Waals surface area contributed by atoms with Gasteiger partial charge in [-0.3, -0.25) is 0 Å². The SMILES string of the molecule is CCc1c(F)cc(C2(O)OCC(C)(C)NC2C)cc1F. The highest BCUT2D eigenvalue weighted by Gasteiger charge is 2.45. The molecule has 1 fully saturated rings. The lowest BCUT2D eigenvalue weighted by molar-refractivity contribution is -0.263. The van der Waals surface area contributed by atoms with Gasteiger partial charge >= 0.3 is 0 Å². The molecule has 2 atom stereocenters. The second-order valence-electron chi connectivity index (χ2n) is 6.01. The Morgan fingerprint density at radius 3 is 2.35 bits per heavy atom. The molecule has 2 N–H and O–H groups in total. The van der Waals surface area contributed by atoms with Crippen LogP contribution in [0.3, 0.4) is 0 Å². The Morgan fingerprint density at radius 2 is 1.90 bits per heavy atom. The number of rotatable bonds is 2. The first kappa shape index (κ1) is 15.4. The van der Waals surface area contributed by atoms with E-state index in [1.54, 1.807) is 13.8 Å². The van der Waals surface area contributed by atoms with Crippen LogP contribution in [0.5, 0.6) is 0 Å². The zero-order valence-corrected chi connectivity index (χ0v) is 12.3. The van der Waals surface area contributed by atoms with E-state index in [1.165, 1.54) is 0 Å². The molecule has 0 amide bonds. The summed E-state index contributed by atoms with van der Waals surface area (Å²) in [6.45, 7) is 7.52. The van der Waals surface area contributed by atoms with E-state index in [4.69, 9.17) is 4.74 Å². The number of hydrogen-bond acceptors (Lipinski definition) is 3. The molecule has 1 aliphatic rings. The van der Waals surface area contributed by atoms with Crippen molar-refractivity contribution in [2.45, 2.75) is 51.5 Å². The van der Waals surface area contributed by atoms with Crippen LogP contribution in [-0.4, -0.2) is 23.3 Å². The minimum atomic E-state index is -1.73. The van der Waals surface area contributed by atoms with Crippen LogP contribution in [0.1, 0.15) is 38.8 Å². The fourth-order valence-corrected chi connectivity index (χ4v) is 2.62. The van der Waals surface area contributed by atoms with Gasteiger partial charge in [0.25, 0.3) is 0 Å². The van der Waals surface area contributed by atoms with Crippen LogP contribution in [0.25, 0.3) is 0 Å². The van der Waals surface area contributed by atoms with Crippen molar-refractivity contribution >= 4 is 0 Å². The van der Waals surface area contributed by atoms with Crippen LogP contribution in [-0.2, 0) is 16.9 Å². The summed E-state index contributed by atoms with van der Waals surface area (Å²) in [5.41, 5.74) is -0.180. The molecule has 2 rings (SSSR count). The molecule has 1 saturated heterocycles. The van der Waals surface area contributed by atoms with Crippen LogP contribution in [0.2, 0.25) is 0 Å². The van der Waals surface area contributed by atoms with E-state index < -0.39 is 23.5 Å². The minimum absolute atomic E-state index is 0.0223. The molecule has 112 valence electrons. The zero-order valence-electron chi connectivity index (χ0n) is 12.3. The van der Waals surface area contributed by atoms with Crippen molar-refractivity contribution < 1.29 is 18.6 Å². The maximum Gasteiger partial charge on any atom is 0.208 e. The predicted molar refractivity (Wildman–Crippen MR) is 72.3 cm³/mol. The third kappa shape index (κ3) is 2.57. The third-order valence-electron chi connectivity index (χ3n) is 3.76. The molecule has 1 aromatic rings. The number of aliphatic hydroxyl groups is 1. The fourth-order valence-electron chi connectivity index (χ4n) is 2.62.